The first-order valence-corrected chi connectivity index (χ1v) is 8.68. The van der Waals surface area contributed by atoms with Gasteiger partial charge in [0.1, 0.15) is 10.8 Å². The van der Waals surface area contributed by atoms with E-state index in [1.54, 1.807) is 24.4 Å². The lowest BCUT2D eigenvalue weighted by molar-refractivity contribution is -0.133. The summed E-state index contributed by atoms with van der Waals surface area (Å²) in [7, 11) is 0. The fraction of sp³-hybridized carbons (Fsp3) is 0.0625. The Morgan fingerprint density at radius 2 is 2.17 bits per heavy atom. The molecule has 0 aliphatic heterocycles. The molecule has 0 unspecified atom stereocenters. The van der Waals surface area contributed by atoms with Crippen molar-refractivity contribution in [1.82, 2.24) is 9.97 Å². The summed E-state index contributed by atoms with van der Waals surface area (Å²) >= 11 is 10.6. The summed E-state index contributed by atoms with van der Waals surface area (Å²) in [5.41, 5.74) is 1.45. The quantitative estimate of drug-likeness (QED) is 0.460. The smallest absolute Gasteiger partial charge is 0.317 e. The Morgan fingerprint density at radius 3 is 2.91 bits per heavy atom. The van der Waals surface area contributed by atoms with Crippen LogP contribution >= 0.6 is 38.9 Å². The van der Waals surface area contributed by atoms with Crippen LogP contribution in [0, 0.1) is 0 Å². The number of carbonyl (C=O) groups excluding carboxylic acids is 1. The molecule has 1 aromatic carbocycles. The van der Waals surface area contributed by atoms with Crippen molar-refractivity contribution in [2.75, 3.05) is 0 Å². The number of pyridine rings is 1. The van der Waals surface area contributed by atoms with Crippen LogP contribution in [0.2, 0.25) is 5.02 Å². The molecule has 0 bridgehead atoms. The van der Waals surface area contributed by atoms with Crippen molar-refractivity contribution < 1.29 is 9.53 Å². The average Bonchev–Trinajstić information content (AvgIpc) is 2.99. The molecule has 0 saturated carbocycles. The Balaban J connectivity index is 1.68. The first kappa shape index (κ1) is 16.1. The lowest BCUT2D eigenvalue weighted by atomic mass is 10.3. The first-order valence-electron chi connectivity index (χ1n) is 6.63. The van der Waals surface area contributed by atoms with Crippen LogP contribution in [0.3, 0.4) is 0 Å². The van der Waals surface area contributed by atoms with E-state index in [1.807, 2.05) is 23.6 Å². The topological polar surface area (TPSA) is 52.1 Å². The van der Waals surface area contributed by atoms with Crippen molar-refractivity contribution in [2.45, 2.75) is 6.42 Å². The molecule has 3 rings (SSSR count). The van der Waals surface area contributed by atoms with Gasteiger partial charge in [0.05, 0.1) is 22.3 Å². The minimum atomic E-state index is -0.383. The minimum absolute atomic E-state index is 0.0956. The van der Waals surface area contributed by atoms with E-state index in [-0.39, 0.29) is 12.4 Å². The van der Waals surface area contributed by atoms with Crippen LogP contribution in [0.15, 0.2) is 52.4 Å². The molecule has 7 heteroatoms. The summed E-state index contributed by atoms with van der Waals surface area (Å²) in [6, 6.07) is 10.6. The Labute approximate surface area is 150 Å². The highest BCUT2D eigenvalue weighted by Crippen LogP contribution is 2.28. The third-order valence-electron chi connectivity index (χ3n) is 2.88. The van der Waals surface area contributed by atoms with Crippen molar-refractivity contribution in [2.24, 2.45) is 0 Å². The molecule has 0 N–H and O–H groups in total. The van der Waals surface area contributed by atoms with Gasteiger partial charge in [0.25, 0.3) is 0 Å². The number of carbonyl (C=O) groups is 1. The van der Waals surface area contributed by atoms with E-state index in [4.69, 9.17) is 16.3 Å². The molecule has 2 heterocycles. The molecule has 0 saturated heterocycles. The third kappa shape index (κ3) is 4.16. The Hall–Kier alpha value is -1.76. The van der Waals surface area contributed by atoms with Crippen LogP contribution < -0.4 is 4.74 Å². The van der Waals surface area contributed by atoms with Gasteiger partial charge in [-0.25, -0.2) is 4.98 Å². The van der Waals surface area contributed by atoms with Gasteiger partial charge in [0.2, 0.25) is 0 Å². The summed E-state index contributed by atoms with van der Waals surface area (Å²) in [4.78, 5) is 20.7. The van der Waals surface area contributed by atoms with Crippen LogP contribution in [0.1, 0.15) is 5.69 Å². The van der Waals surface area contributed by atoms with Gasteiger partial charge in [-0.05, 0) is 46.3 Å². The molecule has 116 valence electrons. The van der Waals surface area contributed by atoms with Gasteiger partial charge < -0.3 is 4.74 Å². The molecule has 0 spiro atoms. The maximum absolute atomic E-state index is 12.0. The lowest BCUT2D eigenvalue weighted by Crippen LogP contribution is -2.11. The van der Waals surface area contributed by atoms with E-state index >= 15 is 0 Å². The van der Waals surface area contributed by atoms with Gasteiger partial charge in [-0.2, -0.15) is 0 Å². The predicted molar refractivity (Wildman–Crippen MR) is 93.8 cm³/mol. The van der Waals surface area contributed by atoms with Gasteiger partial charge >= 0.3 is 5.97 Å². The largest absolute Gasteiger partial charge is 0.425 e. The molecule has 2 aromatic heterocycles. The number of benzene rings is 1. The van der Waals surface area contributed by atoms with Gasteiger partial charge in [0, 0.05) is 16.6 Å². The van der Waals surface area contributed by atoms with E-state index < -0.39 is 0 Å². The second-order valence-electron chi connectivity index (χ2n) is 4.58. The highest BCUT2D eigenvalue weighted by Gasteiger charge is 2.13. The van der Waals surface area contributed by atoms with Crippen molar-refractivity contribution >= 4 is 44.8 Å². The van der Waals surface area contributed by atoms with Crippen LogP contribution in [0.25, 0.3) is 10.7 Å². The molecule has 0 aliphatic rings. The minimum Gasteiger partial charge on any atom is -0.425 e. The maximum atomic E-state index is 12.0. The number of aromatic nitrogens is 2. The number of esters is 1. The first-order chi connectivity index (χ1) is 11.1. The second-order valence-corrected chi connectivity index (χ2v) is 6.73. The molecule has 0 radical (unpaired) electrons. The SMILES string of the molecule is O=C(Cc1csc(-c2ccccn2)n1)Oc1ccc(Cl)cc1Br. The molecule has 4 nitrogen and oxygen atoms in total. The van der Waals surface area contributed by atoms with Crippen LogP contribution in [0.4, 0.5) is 0 Å². The molecular weight excluding hydrogens is 400 g/mol. The highest BCUT2D eigenvalue weighted by molar-refractivity contribution is 9.10. The maximum Gasteiger partial charge on any atom is 0.317 e. The monoisotopic (exact) mass is 408 g/mol. The molecule has 0 amide bonds. The Kier molecular flexibility index (Phi) is 5.05. The standard InChI is InChI=1S/C16H10BrClN2O2S/c17-12-7-10(18)4-5-14(12)22-15(21)8-11-9-23-16(20-11)13-3-1-2-6-19-13/h1-7,9H,8H2. The normalized spacial score (nSPS) is 10.5. The number of thiazole rings is 1. The van der Waals surface area contributed by atoms with Gasteiger partial charge in [-0.1, -0.05) is 17.7 Å². The molecule has 23 heavy (non-hydrogen) atoms. The molecule has 0 fully saturated rings. The second kappa shape index (κ2) is 7.21. The van der Waals surface area contributed by atoms with Gasteiger partial charge in [-0.3, -0.25) is 9.78 Å². The molecule has 3 aromatic rings. The Bertz CT molecular complexity index is 839. The van der Waals surface area contributed by atoms with Crippen LogP contribution in [-0.4, -0.2) is 15.9 Å². The molecular formula is C16H10BrClN2O2S. The van der Waals surface area contributed by atoms with E-state index in [1.165, 1.54) is 11.3 Å². The summed E-state index contributed by atoms with van der Waals surface area (Å²) < 4.78 is 5.95. The van der Waals surface area contributed by atoms with E-state index in [0.717, 1.165) is 10.7 Å². The van der Waals surface area contributed by atoms with Crippen molar-refractivity contribution in [3.63, 3.8) is 0 Å². The van der Waals surface area contributed by atoms with Gasteiger partial charge in [-0.15, -0.1) is 11.3 Å². The number of hydrogen-bond acceptors (Lipinski definition) is 5. The predicted octanol–water partition coefficient (Wildman–Crippen LogP) is 4.77. The Morgan fingerprint density at radius 1 is 1.30 bits per heavy atom. The van der Waals surface area contributed by atoms with Gasteiger partial charge in [0.15, 0.2) is 0 Å². The van der Waals surface area contributed by atoms with Crippen LogP contribution in [0.5, 0.6) is 5.75 Å². The van der Waals surface area contributed by atoms with Crippen molar-refractivity contribution in [3.05, 3.63) is 63.2 Å². The summed E-state index contributed by atoms with van der Waals surface area (Å²) in [5, 5.41) is 3.18. The highest BCUT2D eigenvalue weighted by atomic mass is 79.9. The molecule has 0 atom stereocenters. The van der Waals surface area contributed by atoms with E-state index in [2.05, 4.69) is 25.9 Å². The van der Waals surface area contributed by atoms with Crippen molar-refractivity contribution in [3.8, 4) is 16.5 Å². The fourth-order valence-corrected chi connectivity index (χ4v) is 3.42. The van der Waals surface area contributed by atoms with E-state index in [9.17, 15) is 4.79 Å². The summed E-state index contributed by atoms with van der Waals surface area (Å²) in [6.45, 7) is 0. The lowest BCUT2D eigenvalue weighted by Gasteiger charge is -2.05. The summed E-state index contributed by atoms with van der Waals surface area (Å²) in [6.07, 6.45) is 1.81. The molecule has 0 aliphatic carbocycles. The summed E-state index contributed by atoms with van der Waals surface area (Å²) in [5.74, 6) is 0.0467. The third-order valence-corrected chi connectivity index (χ3v) is 4.65. The van der Waals surface area contributed by atoms with Crippen LogP contribution in [-0.2, 0) is 11.2 Å². The van der Waals surface area contributed by atoms with Crippen molar-refractivity contribution in [1.29, 1.82) is 0 Å². The average molecular weight is 410 g/mol. The fourth-order valence-electron chi connectivity index (χ4n) is 1.86. The number of hydrogen-bond donors (Lipinski definition) is 0. The zero-order valence-electron chi connectivity index (χ0n) is 11.7. The zero-order chi connectivity index (χ0) is 16.2. The number of ether oxygens (including phenoxy) is 1. The zero-order valence-corrected chi connectivity index (χ0v) is 14.9. The number of nitrogens with zero attached hydrogens (tertiary/aromatic N) is 2. The van der Waals surface area contributed by atoms with E-state index in [0.29, 0.717) is 20.9 Å². The number of halogens is 2. The number of rotatable bonds is 4.